The fraction of sp³-hybridized carbons (Fsp3) is 0.364. The van der Waals surface area contributed by atoms with Gasteiger partial charge in [-0.15, -0.1) is 6.42 Å². The van der Waals surface area contributed by atoms with Crippen LogP contribution in [0.4, 0.5) is 5.82 Å². The Bertz CT molecular complexity index is 1090. The number of rotatable bonds is 5. The molecule has 2 saturated heterocycles. The minimum Gasteiger partial charge on any atom is -0.367 e. The Labute approximate surface area is 174 Å². The Kier molecular flexibility index (Phi) is 4.81. The van der Waals surface area contributed by atoms with E-state index in [-0.39, 0.29) is 24.6 Å². The molecule has 0 aromatic carbocycles. The summed E-state index contributed by atoms with van der Waals surface area (Å²) in [4.78, 5) is 25.8. The molecule has 2 aliphatic heterocycles. The molecule has 5 heterocycles. The molecule has 3 aromatic rings. The van der Waals surface area contributed by atoms with E-state index in [1.54, 1.807) is 10.7 Å². The van der Waals surface area contributed by atoms with E-state index < -0.39 is 0 Å². The van der Waals surface area contributed by atoms with Gasteiger partial charge in [-0.1, -0.05) is 12.0 Å². The molecule has 0 saturated carbocycles. The largest absolute Gasteiger partial charge is 0.367 e. The number of amides is 1. The summed E-state index contributed by atoms with van der Waals surface area (Å²) >= 11 is 0. The number of fused-ring (bicyclic) bond motifs is 3. The maximum Gasteiger partial charge on any atom is 0.248 e. The molecule has 2 atom stereocenters. The van der Waals surface area contributed by atoms with E-state index in [9.17, 15) is 4.79 Å². The van der Waals surface area contributed by atoms with Gasteiger partial charge in [-0.25, -0.2) is 14.5 Å². The normalized spacial score (nSPS) is 20.5. The maximum atomic E-state index is 12.8. The number of nitrogens with zero attached hydrogens (tertiary/aromatic N) is 6. The van der Waals surface area contributed by atoms with Crippen molar-refractivity contribution in [2.75, 3.05) is 24.6 Å². The van der Waals surface area contributed by atoms with Crippen LogP contribution in [0.3, 0.4) is 0 Å². The molecule has 152 valence electrons. The SMILES string of the molecule is C#Cc1ccc(N2C3CCC2CN(C(=O)COCc2cccn4ncnc24)C3)nc1. The van der Waals surface area contributed by atoms with Crippen molar-refractivity contribution in [2.24, 2.45) is 0 Å². The highest BCUT2D eigenvalue weighted by Crippen LogP contribution is 2.33. The number of ether oxygens (including phenoxy) is 1. The van der Waals surface area contributed by atoms with E-state index in [2.05, 4.69) is 25.9 Å². The van der Waals surface area contributed by atoms with Crippen LogP contribution in [0.2, 0.25) is 0 Å². The summed E-state index contributed by atoms with van der Waals surface area (Å²) in [6.45, 7) is 1.77. The van der Waals surface area contributed by atoms with Crippen LogP contribution in [0.15, 0.2) is 43.0 Å². The third-order valence-corrected chi connectivity index (χ3v) is 5.88. The Balaban J connectivity index is 1.19. The highest BCUT2D eigenvalue weighted by molar-refractivity contribution is 5.78. The first-order chi connectivity index (χ1) is 14.7. The van der Waals surface area contributed by atoms with Crippen molar-refractivity contribution < 1.29 is 9.53 Å². The average Bonchev–Trinajstić information content (AvgIpc) is 3.36. The van der Waals surface area contributed by atoms with E-state index in [1.807, 2.05) is 35.4 Å². The van der Waals surface area contributed by atoms with Crippen LogP contribution < -0.4 is 4.90 Å². The van der Waals surface area contributed by atoms with Gasteiger partial charge in [-0.05, 0) is 31.0 Å². The summed E-state index contributed by atoms with van der Waals surface area (Å²) in [7, 11) is 0. The zero-order chi connectivity index (χ0) is 20.5. The minimum atomic E-state index is 0.0237. The van der Waals surface area contributed by atoms with Crippen molar-refractivity contribution >= 4 is 17.4 Å². The summed E-state index contributed by atoms with van der Waals surface area (Å²) in [6.07, 6.45) is 12.6. The molecule has 3 aromatic heterocycles. The van der Waals surface area contributed by atoms with E-state index in [1.165, 1.54) is 6.33 Å². The molecular weight excluding hydrogens is 380 g/mol. The van der Waals surface area contributed by atoms with E-state index in [0.717, 1.165) is 35.4 Å². The minimum absolute atomic E-state index is 0.0237. The first-order valence-corrected chi connectivity index (χ1v) is 10.1. The second-order valence-corrected chi connectivity index (χ2v) is 7.69. The third kappa shape index (κ3) is 3.37. The number of likely N-dealkylation sites (tertiary alicyclic amines) is 1. The number of anilines is 1. The van der Waals surface area contributed by atoms with E-state index in [0.29, 0.717) is 19.7 Å². The zero-order valence-corrected chi connectivity index (χ0v) is 16.5. The second kappa shape index (κ2) is 7.76. The Morgan fingerprint density at radius 3 is 2.77 bits per heavy atom. The first kappa shape index (κ1) is 18.6. The van der Waals surface area contributed by atoms with E-state index >= 15 is 0 Å². The standard InChI is InChI=1S/C22H22N6O2/c1-2-16-5-8-20(23-10-16)28-18-6-7-19(28)12-26(11-18)21(29)14-30-13-17-4-3-9-27-22(17)24-15-25-27/h1,3-5,8-10,15,18-19H,6-7,11-14H2. The number of carbonyl (C=O) groups excluding carboxylic acids is 1. The fourth-order valence-electron chi connectivity index (χ4n) is 4.46. The topological polar surface area (TPSA) is 75.9 Å². The smallest absolute Gasteiger partial charge is 0.248 e. The fourth-order valence-corrected chi connectivity index (χ4v) is 4.46. The molecule has 2 fully saturated rings. The number of pyridine rings is 2. The van der Waals surface area contributed by atoms with Crippen LogP contribution in [-0.4, -0.2) is 62.2 Å². The Morgan fingerprint density at radius 2 is 2.03 bits per heavy atom. The number of terminal acetylenes is 1. The highest BCUT2D eigenvalue weighted by Gasteiger charge is 2.41. The Morgan fingerprint density at radius 1 is 1.20 bits per heavy atom. The summed E-state index contributed by atoms with van der Waals surface area (Å²) in [5, 5.41) is 4.12. The van der Waals surface area contributed by atoms with Crippen molar-refractivity contribution in [3.8, 4) is 12.3 Å². The lowest BCUT2D eigenvalue weighted by Gasteiger charge is -2.41. The van der Waals surface area contributed by atoms with Gasteiger partial charge in [0.25, 0.3) is 0 Å². The van der Waals surface area contributed by atoms with Gasteiger partial charge in [0.15, 0.2) is 5.65 Å². The van der Waals surface area contributed by atoms with Crippen molar-refractivity contribution in [1.82, 2.24) is 24.5 Å². The average molecular weight is 402 g/mol. The van der Waals surface area contributed by atoms with Gasteiger partial charge in [0.05, 0.1) is 6.61 Å². The molecule has 2 aliphatic rings. The molecule has 30 heavy (non-hydrogen) atoms. The highest BCUT2D eigenvalue weighted by atomic mass is 16.5. The van der Waals surface area contributed by atoms with Crippen molar-refractivity contribution in [2.45, 2.75) is 31.5 Å². The molecule has 5 rings (SSSR count). The molecule has 0 aliphatic carbocycles. The van der Waals surface area contributed by atoms with Gasteiger partial charge >= 0.3 is 0 Å². The van der Waals surface area contributed by atoms with Gasteiger partial charge < -0.3 is 14.5 Å². The molecule has 8 heteroatoms. The number of aromatic nitrogens is 4. The molecule has 1 amide bonds. The molecular formula is C22H22N6O2. The summed E-state index contributed by atoms with van der Waals surface area (Å²) in [5.74, 6) is 3.56. The van der Waals surface area contributed by atoms with Crippen molar-refractivity contribution in [1.29, 1.82) is 0 Å². The van der Waals surface area contributed by atoms with Crippen LogP contribution >= 0.6 is 0 Å². The molecule has 0 N–H and O–H groups in total. The number of hydrogen-bond acceptors (Lipinski definition) is 6. The molecule has 0 spiro atoms. The lowest BCUT2D eigenvalue weighted by Crippen LogP contribution is -2.56. The molecule has 2 unspecified atom stereocenters. The number of piperazine rings is 1. The number of carbonyl (C=O) groups is 1. The third-order valence-electron chi connectivity index (χ3n) is 5.88. The van der Waals surface area contributed by atoms with Crippen LogP contribution in [0, 0.1) is 12.3 Å². The van der Waals surface area contributed by atoms with Gasteiger partial charge in [0, 0.05) is 48.7 Å². The van der Waals surface area contributed by atoms with Gasteiger partial charge in [0.2, 0.25) is 5.91 Å². The molecule has 2 bridgehead atoms. The predicted octanol–water partition coefficient (Wildman–Crippen LogP) is 1.50. The molecule has 8 nitrogen and oxygen atoms in total. The lowest BCUT2D eigenvalue weighted by molar-refractivity contribution is -0.137. The van der Waals surface area contributed by atoms with Crippen LogP contribution in [0.1, 0.15) is 24.0 Å². The Hall–Kier alpha value is -3.44. The lowest BCUT2D eigenvalue weighted by atomic mass is 10.1. The van der Waals surface area contributed by atoms with Gasteiger partial charge in [-0.2, -0.15) is 5.10 Å². The quantitative estimate of drug-likeness (QED) is 0.602. The summed E-state index contributed by atoms with van der Waals surface area (Å²) in [5.41, 5.74) is 2.44. The monoisotopic (exact) mass is 402 g/mol. The van der Waals surface area contributed by atoms with E-state index in [4.69, 9.17) is 11.2 Å². The molecule has 0 radical (unpaired) electrons. The summed E-state index contributed by atoms with van der Waals surface area (Å²) < 4.78 is 7.42. The second-order valence-electron chi connectivity index (χ2n) is 7.69. The first-order valence-electron chi connectivity index (χ1n) is 10.1. The van der Waals surface area contributed by atoms with Crippen molar-refractivity contribution in [3.63, 3.8) is 0 Å². The number of hydrogen-bond donors (Lipinski definition) is 0. The zero-order valence-electron chi connectivity index (χ0n) is 16.5. The van der Waals surface area contributed by atoms with Crippen LogP contribution in [-0.2, 0) is 16.1 Å². The van der Waals surface area contributed by atoms with Crippen molar-refractivity contribution in [3.05, 3.63) is 54.1 Å². The summed E-state index contributed by atoms with van der Waals surface area (Å²) in [6, 6.07) is 8.29. The maximum absolute atomic E-state index is 12.8. The predicted molar refractivity (Wildman–Crippen MR) is 111 cm³/mol. The van der Waals surface area contributed by atoms with Crippen LogP contribution in [0.25, 0.3) is 5.65 Å². The van der Waals surface area contributed by atoms with Gasteiger partial charge in [-0.3, -0.25) is 4.79 Å². The van der Waals surface area contributed by atoms with Crippen LogP contribution in [0.5, 0.6) is 0 Å². The van der Waals surface area contributed by atoms with Gasteiger partial charge in [0.1, 0.15) is 18.8 Å².